The molecule has 6 heavy (non-hydrogen) atoms. The summed E-state index contributed by atoms with van der Waals surface area (Å²) in [6, 6.07) is 0. The Bertz CT molecular complexity index is 57.2. The van der Waals surface area contributed by atoms with Crippen molar-refractivity contribution in [3.8, 4) is 0 Å². The van der Waals surface area contributed by atoms with Crippen LogP contribution in [0.25, 0.3) is 0 Å². The average molecular weight is 127 g/mol. The van der Waals surface area contributed by atoms with Gasteiger partial charge in [0.2, 0.25) is 0 Å². The fourth-order valence-corrected chi connectivity index (χ4v) is 0. The third-order valence-electron chi connectivity index (χ3n) is 0. The molecule has 0 aromatic rings. The summed E-state index contributed by atoms with van der Waals surface area (Å²) in [6.07, 6.45) is 0. The van der Waals surface area contributed by atoms with Crippen molar-refractivity contribution in [2.24, 2.45) is 0 Å². The standard InChI is InChI=1S/2Na.HO3S/c;;1-4(2)3/h;;(H,1,2,3)/q;+1;-1. The summed E-state index contributed by atoms with van der Waals surface area (Å²) >= 11 is 0. The summed E-state index contributed by atoms with van der Waals surface area (Å²) in [4.78, 5) is 0. The van der Waals surface area contributed by atoms with Crippen LogP contribution in [0.15, 0.2) is 0 Å². The van der Waals surface area contributed by atoms with Crippen LogP contribution in [0.3, 0.4) is 0 Å². The summed E-state index contributed by atoms with van der Waals surface area (Å²) in [6.45, 7) is 0. The van der Waals surface area contributed by atoms with Gasteiger partial charge < -0.3 is 13.0 Å². The van der Waals surface area contributed by atoms with E-state index in [-0.39, 0.29) is 59.1 Å². The maximum atomic E-state index is 8.56. The van der Waals surface area contributed by atoms with Gasteiger partial charge in [0.15, 0.2) is 0 Å². The largest absolute Gasteiger partial charge is 1.00 e. The first kappa shape index (κ1) is 15.7. The maximum Gasteiger partial charge on any atom is 1.00 e. The molecule has 0 saturated carbocycles. The Hall–Kier alpha value is 1.91. The van der Waals surface area contributed by atoms with Gasteiger partial charge in [-0.15, -0.1) is 0 Å². The molecule has 0 atom stereocenters. The van der Waals surface area contributed by atoms with Gasteiger partial charge in [-0.3, -0.25) is 0 Å². The molecule has 0 aromatic heterocycles. The molecule has 0 aliphatic rings. The van der Waals surface area contributed by atoms with Crippen LogP contribution in [-0.4, -0.2) is 34.1 Å². The molecular formula is HNa2O3S. The van der Waals surface area contributed by atoms with Crippen LogP contribution < -0.4 is 29.6 Å². The van der Waals surface area contributed by atoms with Crippen LogP contribution in [0.4, 0.5) is 0 Å². The predicted molar refractivity (Wildman–Crippen MR) is 17.1 cm³/mol. The van der Waals surface area contributed by atoms with E-state index in [9.17, 15) is 0 Å². The average Bonchev–Trinajstić information content (AvgIpc) is 0.811. The van der Waals surface area contributed by atoms with Crippen molar-refractivity contribution in [2.75, 3.05) is 0 Å². The maximum absolute atomic E-state index is 8.56. The second-order valence-electron chi connectivity index (χ2n) is 0.217. The van der Waals surface area contributed by atoms with Crippen molar-refractivity contribution in [1.82, 2.24) is 0 Å². The monoisotopic (exact) mass is 127 g/mol. The van der Waals surface area contributed by atoms with Crippen LogP contribution in [0.2, 0.25) is 0 Å². The molecule has 27 valence electrons. The molecule has 0 amide bonds. The van der Waals surface area contributed by atoms with Crippen molar-refractivity contribution >= 4 is 40.5 Å². The van der Waals surface area contributed by atoms with E-state index in [2.05, 4.69) is 0 Å². The van der Waals surface area contributed by atoms with E-state index in [4.69, 9.17) is 13.0 Å². The molecule has 0 saturated heterocycles. The van der Waals surface area contributed by atoms with Crippen LogP contribution in [0.1, 0.15) is 0 Å². The third-order valence-corrected chi connectivity index (χ3v) is 0. The zero-order chi connectivity index (χ0) is 3.58. The topological polar surface area (TPSA) is 54.4 Å². The smallest absolute Gasteiger partial charge is 0.439 e. The molecular weight excluding hydrogens is 126 g/mol. The van der Waals surface area contributed by atoms with Crippen LogP contribution in [-0.2, 0) is 19.4 Å². The SMILES string of the molecule is O=[S-](=O)O.[Na+].[Na]. The van der Waals surface area contributed by atoms with Gasteiger partial charge in [-0.05, 0) is 0 Å². The van der Waals surface area contributed by atoms with Crippen molar-refractivity contribution in [3.63, 3.8) is 0 Å². The number of hydrogen-bond acceptors (Lipinski definition) is 3. The Morgan fingerprint density at radius 1 is 1.33 bits per heavy atom. The van der Waals surface area contributed by atoms with Crippen molar-refractivity contribution in [3.05, 3.63) is 0 Å². The van der Waals surface area contributed by atoms with E-state index in [1.807, 2.05) is 0 Å². The zero-order valence-electron chi connectivity index (χ0n) is 3.67. The summed E-state index contributed by atoms with van der Waals surface area (Å²) in [5, 5.41) is 0. The van der Waals surface area contributed by atoms with Gasteiger partial charge in [-0.25, -0.2) is 0 Å². The Morgan fingerprint density at radius 2 is 1.33 bits per heavy atom. The molecule has 0 unspecified atom stereocenters. The molecule has 1 N–H and O–H groups in total. The van der Waals surface area contributed by atoms with E-state index < -0.39 is 11.0 Å². The molecule has 6 heteroatoms. The van der Waals surface area contributed by atoms with Crippen molar-refractivity contribution < 1.29 is 42.5 Å². The van der Waals surface area contributed by atoms with E-state index >= 15 is 0 Å². The van der Waals surface area contributed by atoms with Gasteiger partial charge in [0.25, 0.3) is 0 Å². The van der Waals surface area contributed by atoms with E-state index in [0.717, 1.165) is 0 Å². The van der Waals surface area contributed by atoms with Crippen LogP contribution in [0.5, 0.6) is 0 Å². The zero-order valence-corrected chi connectivity index (χ0v) is 8.49. The second kappa shape index (κ2) is 10.0. The molecule has 1 radical (unpaired) electrons. The molecule has 0 aromatic carbocycles. The Labute approximate surface area is 81.9 Å². The van der Waals surface area contributed by atoms with Gasteiger partial charge in [0.05, 0.1) is 0 Å². The molecule has 0 fully saturated rings. The van der Waals surface area contributed by atoms with Crippen molar-refractivity contribution in [2.45, 2.75) is 0 Å². The Kier molecular flexibility index (Phi) is 26.1. The molecule has 3 nitrogen and oxygen atoms in total. The minimum absolute atomic E-state index is 0. The summed E-state index contributed by atoms with van der Waals surface area (Å²) in [5.41, 5.74) is 0. The van der Waals surface area contributed by atoms with Gasteiger partial charge >= 0.3 is 29.6 Å². The molecule has 0 bridgehead atoms. The molecule has 0 spiro atoms. The summed E-state index contributed by atoms with van der Waals surface area (Å²) in [7, 11) is -2.86. The van der Waals surface area contributed by atoms with E-state index in [0.29, 0.717) is 0 Å². The molecule has 0 aliphatic carbocycles. The van der Waals surface area contributed by atoms with E-state index in [1.165, 1.54) is 0 Å². The number of rotatable bonds is 0. The Morgan fingerprint density at radius 3 is 1.33 bits per heavy atom. The normalized spacial score (nSPS) is 5.67. The number of hydrogen-bond donors (Lipinski definition) is 1. The van der Waals surface area contributed by atoms with Gasteiger partial charge in [-0.1, -0.05) is 0 Å². The first-order valence-corrected chi connectivity index (χ1v) is 1.55. The van der Waals surface area contributed by atoms with Gasteiger partial charge in [0, 0.05) is 40.5 Å². The fourth-order valence-electron chi connectivity index (χ4n) is 0. The summed E-state index contributed by atoms with van der Waals surface area (Å²) in [5.74, 6) is 0. The summed E-state index contributed by atoms with van der Waals surface area (Å²) < 4.78 is 24.1. The Balaban J connectivity index is -0.0000000450. The molecule has 0 heterocycles. The quantitative estimate of drug-likeness (QED) is 0.158. The van der Waals surface area contributed by atoms with Crippen LogP contribution >= 0.6 is 0 Å². The van der Waals surface area contributed by atoms with Gasteiger partial charge in [0.1, 0.15) is 0 Å². The predicted octanol–water partition coefficient (Wildman–Crippen LogP) is -3.61. The molecule has 0 rings (SSSR count). The first-order valence-electron chi connectivity index (χ1n) is 0.516. The third kappa shape index (κ3) is 39.1. The molecule has 0 aliphatic heterocycles. The second-order valence-corrected chi connectivity index (χ2v) is 0.651. The van der Waals surface area contributed by atoms with Gasteiger partial charge in [-0.2, -0.15) is 0 Å². The van der Waals surface area contributed by atoms with E-state index in [1.54, 1.807) is 0 Å². The minimum atomic E-state index is -2.86. The van der Waals surface area contributed by atoms with Crippen LogP contribution in [0, 0.1) is 0 Å². The van der Waals surface area contributed by atoms with Crippen molar-refractivity contribution in [1.29, 1.82) is 0 Å². The first-order chi connectivity index (χ1) is 1.73. The fraction of sp³-hybridized carbons (Fsp3) is 0. The minimum Gasteiger partial charge on any atom is -0.439 e.